The molecule has 7 heteroatoms. The van der Waals surface area contributed by atoms with Gasteiger partial charge in [-0.2, -0.15) is 4.98 Å². The van der Waals surface area contributed by atoms with Crippen molar-refractivity contribution in [3.8, 4) is 0 Å². The topological polar surface area (TPSA) is 75.8 Å². The van der Waals surface area contributed by atoms with Crippen molar-refractivity contribution in [3.63, 3.8) is 0 Å². The highest BCUT2D eigenvalue weighted by Crippen LogP contribution is 2.35. The number of likely N-dealkylation sites (tertiary alicyclic amines) is 1. The largest absolute Gasteiger partial charge is 0.371 e. The minimum atomic E-state index is -0.145. The van der Waals surface area contributed by atoms with Crippen molar-refractivity contribution in [3.05, 3.63) is 11.7 Å². The molecular weight excluding hydrogens is 306 g/mol. The fourth-order valence-corrected chi connectivity index (χ4v) is 3.90. The standard InChI is InChI=1S/C17H29N5O2/c1-4-23-12(2)16-20-15(24-21-16)9-19-17(18-3)22-10-13-7-5-6-8-14(13)11-22/h12-14H,4-11H2,1-3H3,(H,18,19). The van der Waals surface area contributed by atoms with Gasteiger partial charge in [0.1, 0.15) is 6.10 Å². The molecule has 134 valence electrons. The summed E-state index contributed by atoms with van der Waals surface area (Å²) in [6, 6.07) is 0. The quantitative estimate of drug-likeness (QED) is 0.658. The van der Waals surface area contributed by atoms with E-state index in [-0.39, 0.29) is 6.10 Å². The third-order valence-electron chi connectivity index (χ3n) is 5.15. The van der Waals surface area contributed by atoms with Gasteiger partial charge in [-0.1, -0.05) is 18.0 Å². The number of nitrogens with zero attached hydrogens (tertiary/aromatic N) is 4. The van der Waals surface area contributed by atoms with E-state index < -0.39 is 0 Å². The molecule has 2 fully saturated rings. The maximum Gasteiger partial charge on any atom is 0.246 e. The highest BCUT2D eigenvalue weighted by atomic mass is 16.5. The number of rotatable bonds is 5. The van der Waals surface area contributed by atoms with Crippen LogP contribution in [0.15, 0.2) is 9.52 Å². The first-order chi connectivity index (χ1) is 11.7. The number of hydrogen-bond donors (Lipinski definition) is 1. The van der Waals surface area contributed by atoms with E-state index in [1.54, 1.807) is 0 Å². The summed E-state index contributed by atoms with van der Waals surface area (Å²) >= 11 is 0. The summed E-state index contributed by atoms with van der Waals surface area (Å²) in [4.78, 5) is 11.2. The van der Waals surface area contributed by atoms with Gasteiger partial charge >= 0.3 is 0 Å². The molecule has 3 unspecified atom stereocenters. The van der Waals surface area contributed by atoms with E-state index in [0.29, 0.717) is 24.9 Å². The van der Waals surface area contributed by atoms with E-state index in [1.165, 1.54) is 25.7 Å². The van der Waals surface area contributed by atoms with Gasteiger partial charge in [-0.05, 0) is 38.5 Å². The SMILES string of the molecule is CCOC(C)c1noc(CNC(=NC)N2CC3CCCCC3C2)n1. The molecule has 3 atom stereocenters. The van der Waals surface area contributed by atoms with E-state index in [2.05, 4.69) is 25.3 Å². The summed E-state index contributed by atoms with van der Waals surface area (Å²) in [5.74, 6) is 3.76. The highest BCUT2D eigenvalue weighted by molar-refractivity contribution is 5.80. The van der Waals surface area contributed by atoms with Crippen molar-refractivity contribution in [2.24, 2.45) is 16.8 Å². The monoisotopic (exact) mass is 335 g/mol. The van der Waals surface area contributed by atoms with Gasteiger partial charge < -0.3 is 19.5 Å². The number of aromatic nitrogens is 2. The Labute approximate surface area is 143 Å². The van der Waals surface area contributed by atoms with Crippen LogP contribution in [0.5, 0.6) is 0 Å². The Hall–Kier alpha value is -1.63. The molecule has 1 N–H and O–H groups in total. The van der Waals surface area contributed by atoms with Crippen molar-refractivity contribution in [1.29, 1.82) is 0 Å². The first-order valence-corrected chi connectivity index (χ1v) is 9.11. The second-order valence-electron chi connectivity index (χ2n) is 6.75. The molecule has 0 bridgehead atoms. The van der Waals surface area contributed by atoms with Gasteiger partial charge in [0.25, 0.3) is 0 Å². The predicted molar refractivity (Wildman–Crippen MR) is 91.6 cm³/mol. The predicted octanol–water partition coefficient (Wildman–Crippen LogP) is 2.36. The number of ether oxygens (including phenoxy) is 1. The van der Waals surface area contributed by atoms with Gasteiger partial charge in [0, 0.05) is 26.7 Å². The number of nitrogens with one attached hydrogen (secondary N) is 1. The fourth-order valence-electron chi connectivity index (χ4n) is 3.90. The molecule has 1 aromatic rings. The van der Waals surface area contributed by atoms with Crippen LogP contribution in [-0.2, 0) is 11.3 Å². The first kappa shape index (κ1) is 17.2. The van der Waals surface area contributed by atoms with Gasteiger partial charge in [0.2, 0.25) is 5.89 Å². The highest BCUT2D eigenvalue weighted by Gasteiger charge is 2.35. The van der Waals surface area contributed by atoms with E-state index in [0.717, 1.165) is 30.9 Å². The molecule has 1 aliphatic carbocycles. The number of aliphatic imine (C=N–C) groups is 1. The van der Waals surface area contributed by atoms with E-state index in [1.807, 2.05) is 20.9 Å². The van der Waals surface area contributed by atoms with E-state index in [4.69, 9.17) is 9.26 Å². The van der Waals surface area contributed by atoms with E-state index in [9.17, 15) is 0 Å². The van der Waals surface area contributed by atoms with Gasteiger partial charge in [0.15, 0.2) is 11.8 Å². The second kappa shape index (κ2) is 7.96. The van der Waals surface area contributed by atoms with Gasteiger partial charge in [-0.15, -0.1) is 0 Å². The van der Waals surface area contributed by atoms with Crippen LogP contribution in [0.3, 0.4) is 0 Å². The Morgan fingerprint density at radius 3 is 2.71 bits per heavy atom. The summed E-state index contributed by atoms with van der Waals surface area (Å²) in [7, 11) is 1.83. The van der Waals surface area contributed by atoms with Crippen molar-refractivity contribution >= 4 is 5.96 Å². The lowest BCUT2D eigenvalue weighted by molar-refractivity contribution is 0.0683. The summed E-state index contributed by atoms with van der Waals surface area (Å²) in [6.07, 6.45) is 5.34. The van der Waals surface area contributed by atoms with Crippen molar-refractivity contribution in [2.75, 3.05) is 26.7 Å². The lowest BCUT2D eigenvalue weighted by Crippen LogP contribution is -2.40. The molecule has 0 radical (unpaired) electrons. The van der Waals surface area contributed by atoms with E-state index >= 15 is 0 Å². The lowest BCUT2D eigenvalue weighted by atomic mass is 9.82. The zero-order valence-corrected chi connectivity index (χ0v) is 15.0. The van der Waals surface area contributed by atoms with Crippen LogP contribution in [0.4, 0.5) is 0 Å². The fraction of sp³-hybridized carbons (Fsp3) is 0.824. The van der Waals surface area contributed by atoms with Crippen LogP contribution in [-0.4, -0.2) is 47.7 Å². The van der Waals surface area contributed by atoms with Crippen LogP contribution in [0.25, 0.3) is 0 Å². The molecule has 1 aliphatic heterocycles. The Kier molecular flexibility index (Phi) is 5.71. The molecule has 1 saturated carbocycles. The number of fused-ring (bicyclic) bond motifs is 1. The molecule has 1 aromatic heterocycles. The smallest absolute Gasteiger partial charge is 0.246 e. The normalized spacial score (nSPS) is 25.6. The zero-order chi connectivity index (χ0) is 16.9. The maximum atomic E-state index is 5.49. The summed E-state index contributed by atoms with van der Waals surface area (Å²) < 4.78 is 10.8. The van der Waals surface area contributed by atoms with Crippen molar-refractivity contribution in [2.45, 2.75) is 52.2 Å². The van der Waals surface area contributed by atoms with Crippen molar-refractivity contribution in [1.82, 2.24) is 20.4 Å². The maximum absolute atomic E-state index is 5.49. The minimum absolute atomic E-state index is 0.145. The summed E-state index contributed by atoms with van der Waals surface area (Å²) in [5.41, 5.74) is 0. The van der Waals surface area contributed by atoms with Crippen LogP contribution in [0.2, 0.25) is 0 Å². The zero-order valence-electron chi connectivity index (χ0n) is 15.0. The minimum Gasteiger partial charge on any atom is -0.371 e. The molecule has 24 heavy (non-hydrogen) atoms. The Morgan fingerprint density at radius 2 is 2.08 bits per heavy atom. The molecule has 0 aromatic carbocycles. The molecule has 2 heterocycles. The Balaban J connectivity index is 1.53. The Bertz CT molecular complexity index is 545. The average molecular weight is 335 g/mol. The molecule has 1 saturated heterocycles. The van der Waals surface area contributed by atoms with Gasteiger partial charge in [-0.25, -0.2) is 0 Å². The molecular formula is C17H29N5O2. The van der Waals surface area contributed by atoms with Crippen LogP contribution < -0.4 is 5.32 Å². The first-order valence-electron chi connectivity index (χ1n) is 9.11. The third-order valence-corrected chi connectivity index (χ3v) is 5.15. The summed E-state index contributed by atoms with van der Waals surface area (Å²) in [6.45, 7) is 7.23. The second-order valence-corrected chi connectivity index (χ2v) is 6.75. The Morgan fingerprint density at radius 1 is 1.38 bits per heavy atom. The lowest BCUT2D eigenvalue weighted by Gasteiger charge is -2.22. The average Bonchev–Trinajstić information content (AvgIpc) is 3.22. The van der Waals surface area contributed by atoms with Gasteiger partial charge in [0.05, 0.1) is 6.54 Å². The van der Waals surface area contributed by atoms with Crippen LogP contribution in [0, 0.1) is 11.8 Å². The summed E-state index contributed by atoms with van der Waals surface area (Å²) in [5, 5.41) is 7.35. The van der Waals surface area contributed by atoms with Gasteiger partial charge in [-0.3, -0.25) is 4.99 Å². The number of guanidine groups is 1. The molecule has 7 nitrogen and oxygen atoms in total. The molecule has 3 rings (SSSR count). The molecule has 0 spiro atoms. The van der Waals surface area contributed by atoms with Crippen LogP contribution >= 0.6 is 0 Å². The third kappa shape index (κ3) is 3.88. The van der Waals surface area contributed by atoms with Crippen molar-refractivity contribution < 1.29 is 9.26 Å². The molecule has 0 amide bonds. The molecule has 2 aliphatic rings. The number of hydrogen-bond acceptors (Lipinski definition) is 5. The van der Waals surface area contributed by atoms with Crippen LogP contribution in [0.1, 0.15) is 57.3 Å².